The van der Waals surface area contributed by atoms with Gasteiger partial charge in [0.2, 0.25) is 0 Å². The molecule has 2 aliphatic rings. The van der Waals surface area contributed by atoms with Crippen LogP contribution >= 0.6 is 11.3 Å². The molecule has 11 aromatic rings. The normalized spacial score (nSPS) is 14.5. The summed E-state index contributed by atoms with van der Waals surface area (Å²) in [7, 11) is 0. The molecule has 0 saturated heterocycles. The average molecular weight is 807 g/mol. The lowest BCUT2D eigenvalue weighted by atomic mass is 9.65. The van der Waals surface area contributed by atoms with E-state index in [9.17, 15) is 0 Å². The molecule has 4 nitrogen and oxygen atoms in total. The second-order valence-corrected chi connectivity index (χ2v) is 17.2. The fourth-order valence-electron chi connectivity index (χ4n) is 10.1. The second kappa shape index (κ2) is 13.6. The van der Waals surface area contributed by atoms with Crippen molar-refractivity contribution in [3.8, 4) is 78.7 Å². The zero-order valence-corrected chi connectivity index (χ0v) is 34.1. The number of aromatic nitrogens is 4. The summed E-state index contributed by atoms with van der Waals surface area (Å²) in [5.74, 6) is 1.88. The highest BCUT2D eigenvalue weighted by Gasteiger charge is 2.50. The van der Waals surface area contributed by atoms with E-state index in [1.54, 1.807) is 6.20 Å². The van der Waals surface area contributed by atoms with Gasteiger partial charge in [0.1, 0.15) is 0 Å². The first-order valence-electron chi connectivity index (χ1n) is 20.9. The fraction of sp³-hybridized carbons (Fsp3) is 0.0175. The number of hydrogen-bond donors (Lipinski definition) is 0. The Balaban J connectivity index is 1.10. The summed E-state index contributed by atoms with van der Waals surface area (Å²) in [5.41, 5.74) is 16.7. The minimum absolute atomic E-state index is 0.621. The zero-order valence-electron chi connectivity index (χ0n) is 33.3. The zero-order chi connectivity index (χ0) is 40.8. The predicted octanol–water partition coefficient (Wildman–Crippen LogP) is 14.3. The SMILES string of the molecule is c1ccc(-c2nc(-c3ccc(-c4cccnc4)cc3)nc(-c3ccc4c(c3)C3(c5ccccc5-c5ccccc5-4)c4ccccc4-c4cc5c(cc43)sc3ccccc35)n2)cc1. The van der Waals surface area contributed by atoms with Crippen molar-refractivity contribution in [1.82, 2.24) is 19.9 Å². The van der Waals surface area contributed by atoms with Crippen LogP contribution in [-0.4, -0.2) is 19.9 Å². The molecular weight excluding hydrogens is 773 g/mol. The molecular formula is C57H34N4S. The van der Waals surface area contributed by atoms with Crippen LogP contribution in [0.15, 0.2) is 207 Å². The van der Waals surface area contributed by atoms with Gasteiger partial charge in [0.25, 0.3) is 0 Å². The first kappa shape index (κ1) is 34.9. The Bertz CT molecular complexity index is 3580. The van der Waals surface area contributed by atoms with E-state index in [0.29, 0.717) is 17.5 Å². The minimum Gasteiger partial charge on any atom is -0.264 e. The van der Waals surface area contributed by atoms with E-state index >= 15 is 0 Å². The van der Waals surface area contributed by atoms with Gasteiger partial charge < -0.3 is 0 Å². The second-order valence-electron chi connectivity index (χ2n) is 16.1. The van der Waals surface area contributed by atoms with Crippen molar-refractivity contribution < 1.29 is 0 Å². The highest BCUT2D eigenvalue weighted by molar-refractivity contribution is 7.25. The third-order valence-electron chi connectivity index (χ3n) is 12.9. The van der Waals surface area contributed by atoms with Crippen molar-refractivity contribution in [2.75, 3.05) is 0 Å². The highest BCUT2D eigenvalue weighted by Crippen LogP contribution is 2.62. The quantitative estimate of drug-likeness (QED) is 0.178. The first-order valence-corrected chi connectivity index (χ1v) is 21.8. The molecule has 5 heteroatoms. The third-order valence-corrected chi connectivity index (χ3v) is 14.0. The number of pyridine rings is 1. The minimum atomic E-state index is -0.655. The van der Waals surface area contributed by atoms with Crippen molar-refractivity contribution >= 4 is 31.5 Å². The molecule has 3 heterocycles. The van der Waals surface area contributed by atoms with Gasteiger partial charge in [-0.25, -0.2) is 15.0 Å². The van der Waals surface area contributed by atoms with Crippen molar-refractivity contribution in [3.63, 3.8) is 0 Å². The van der Waals surface area contributed by atoms with Crippen LogP contribution in [0.5, 0.6) is 0 Å². The molecule has 62 heavy (non-hydrogen) atoms. The lowest BCUT2D eigenvalue weighted by Crippen LogP contribution is -2.29. The van der Waals surface area contributed by atoms with Crippen LogP contribution in [0.1, 0.15) is 22.3 Å². The molecule has 0 amide bonds. The van der Waals surface area contributed by atoms with Crippen molar-refractivity contribution in [1.29, 1.82) is 0 Å². The monoisotopic (exact) mass is 806 g/mol. The lowest BCUT2D eigenvalue weighted by Gasteiger charge is -2.35. The van der Waals surface area contributed by atoms with Gasteiger partial charge in [-0.05, 0) is 97.1 Å². The number of hydrogen-bond acceptors (Lipinski definition) is 5. The van der Waals surface area contributed by atoms with Crippen LogP contribution in [0.25, 0.3) is 98.8 Å². The largest absolute Gasteiger partial charge is 0.264 e. The lowest BCUT2D eigenvalue weighted by molar-refractivity contribution is 0.777. The Morgan fingerprint density at radius 3 is 1.56 bits per heavy atom. The standard InChI is InChI=1S/C57H34N4S/c1-2-13-36(14-3-1)54-59-55(37-26-24-35(25-27-37)39-15-12-30-58-34-39)61-56(60-54)38-28-29-44-41-17-5-4-16-40(41)42-18-6-9-21-48(42)57(50(44)31-38)49-22-10-7-19-43(49)46-32-47-45-20-8-11-23-52(45)62-53(47)33-51(46)57/h1-34H. The molecule has 0 radical (unpaired) electrons. The Hall–Kier alpha value is -7.86. The molecule has 0 fully saturated rings. The Morgan fingerprint density at radius 1 is 0.323 bits per heavy atom. The van der Waals surface area contributed by atoms with Crippen LogP contribution in [-0.2, 0) is 5.41 Å². The summed E-state index contributed by atoms with van der Waals surface area (Å²) in [5, 5.41) is 2.60. The molecule has 0 N–H and O–H groups in total. The average Bonchev–Trinajstić information content (AvgIpc) is 3.82. The van der Waals surface area contributed by atoms with Crippen molar-refractivity contribution in [3.05, 3.63) is 229 Å². The van der Waals surface area contributed by atoms with Gasteiger partial charge in [-0.2, -0.15) is 0 Å². The summed E-state index contributed by atoms with van der Waals surface area (Å²) in [6.07, 6.45) is 3.68. The molecule has 0 saturated carbocycles. The summed E-state index contributed by atoms with van der Waals surface area (Å²) in [4.78, 5) is 20.0. The van der Waals surface area contributed by atoms with Gasteiger partial charge >= 0.3 is 0 Å². The van der Waals surface area contributed by atoms with Crippen LogP contribution in [0.4, 0.5) is 0 Å². The predicted molar refractivity (Wildman–Crippen MR) is 254 cm³/mol. The molecule has 1 spiro atoms. The van der Waals surface area contributed by atoms with Crippen LogP contribution in [0.2, 0.25) is 0 Å². The van der Waals surface area contributed by atoms with E-state index in [1.807, 2.05) is 41.8 Å². The van der Waals surface area contributed by atoms with Gasteiger partial charge in [0.15, 0.2) is 17.5 Å². The van der Waals surface area contributed by atoms with E-state index in [0.717, 1.165) is 27.8 Å². The summed E-state index contributed by atoms with van der Waals surface area (Å²) >= 11 is 1.88. The summed E-state index contributed by atoms with van der Waals surface area (Å²) in [6, 6.07) is 70.4. The van der Waals surface area contributed by atoms with Gasteiger partial charge in [0.05, 0.1) is 5.41 Å². The van der Waals surface area contributed by atoms with Gasteiger partial charge in [0, 0.05) is 49.3 Å². The molecule has 8 aromatic carbocycles. The van der Waals surface area contributed by atoms with Crippen LogP contribution in [0, 0.1) is 0 Å². The Morgan fingerprint density at radius 2 is 0.855 bits per heavy atom. The van der Waals surface area contributed by atoms with Crippen LogP contribution in [0.3, 0.4) is 0 Å². The molecule has 0 bridgehead atoms. The van der Waals surface area contributed by atoms with E-state index in [4.69, 9.17) is 15.0 Å². The maximum absolute atomic E-state index is 5.30. The number of rotatable bonds is 4. The number of thiophene rings is 1. The van der Waals surface area contributed by atoms with Gasteiger partial charge in [-0.15, -0.1) is 11.3 Å². The van der Waals surface area contributed by atoms with E-state index in [2.05, 4.69) is 175 Å². The molecule has 288 valence electrons. The van der Waals surface area contributed by atoms with E-state index < -0.39 is 5.41 Å². The highest BCUT2D eigenvalue weighted by atomic mass is 32.1. The maximum Gasteiger partial charge on any atom is 0.164 e. The van der Waals surface area contributed by atoms with Crippen LogP contribution < -0.4 is 0 Å². The van der Waals surface area contributed by atoms with Gasteiger partial charge in [-0.1, -0.05) is 164 Å². The third kappa shape index (κ3) is 5.12. The maximum atomic E-state index is 5.30. The molecule has 2 aliphatic carbocycles. The molecule has 1 atom stereocenters. The summed E-state index contributed by atoms with van der Waals surface area (Å²) in [6.45, 7) is 0. The Kier molecular flexibility index (Phi) is 7.66. The fourth-order valence-corrected chi connectivity index (χ4v) is 11.3. The molecule has 3 aromatic heterocycles. The summed E-state index contributed by atoms with van der Waals surface area (Å²) < 4.78 is 2.59. The first-order chi connectivity index (χ1) is 30.7. The Labute approximate surface area is 362 Å². The van der Waals surface area contributed by atoms with Crippen molar-refractivity contribution in [2.24, 2.45) is 0 Å². The topological polar surface area (TPSA) is 51.6 Å². The smallest absolute Gasteiger partial charge is 0.164 e. The van der Waals surface area contributed by atoms with Crippen molar-refractivity contribution in [2.45, 2.75) is 5.41 Å². The number of benzene rings is 8. The van der Waals surface area contributed by atoms with Gasteiger partial charge in [-0.3, -0.25) is 4.98 Å². The number of fused-ring (bicyclic) bond motifs is 15. The number of nitrogens with zero attached hydrogens (tertiary/aromatic N) is 4. The molecule has 1 unspecified atom stereocenters. The molecule has 0 aliphatic heterocycles. The van der Waals surface area contributed by atoms with E-state index in [-0.39, 0.29) is 0 Å². The molecule has 13 rings (SSSR count). The van der Waals surface area contributed by atoms with E-state index in [1.165, 1.54) is 75.8 Å².